The second kappa shape index (κ2) is 4.94. The maximum absolute atomic E-state index is 9.97. The van der Waals surface area contributed by atoms with Gasteiger partial charge in [0, 0.05) is 11.1 Å². The number of aromatic hydroxyl groups is 1. The molecule has 19 heavy (non-hydrogen) atoms. The van der Waals surface area contributed by atoms with Crippen molar-refractivity contribution in [3.05, 3.63) is 72.8 Å². The molecule has 0 amide bonds. The zero-order chi connectivity index (χ0) is 13.1. The zero-order valence-corrected chi connectivity index (χ0v) is 10.3. The van der Waals surface area contributed by atoms with Crippen LogP contribution in [0.3, 0.4) is 0 Å². The third-order valence-electron chi connectivity index (χ3n) is 2.99. The maximum Gasteiger partial charge on any atom is 0.141 e. The lowest BCUT2D eigenvalue weighted by Gasteiger charge is -2.07. The summed E-state index contributed by atoms with van der Waals surface area (Å²) in [6, 6.07) is 23.2. The topological polar surface area (TPSA) is 33.1 Å². The largest absolute Gasteiger partial charge is 0.506 e. The molecule has 3 rings (SSSR count). The highest BCUT2D eigenvalue weighted by molar-refractivity contribution is 5.70. The highest BCUT2D eigenvalue weighted by Gasteiger charge is 2.08. The van der Waals surface area contributed by atoms with Crippen LogP contribution >= 0.6 is 0 Å². The first kappa shape index (κ1) is 11.5. The normalized spacial score (nSPS) is 10.3. The minimum atomic E-state index is 0.200. The summed E-state index contributed by atoms with van der Waals surface area (Å²) in [5, 5.41) is 9.97. The Balaban J connectivity index is 2.12. The molecule has 0 unspecified atom stereocenters. The molecule has 3 aromatic rings. The smallest absolute Gasteiger partial charge is 0.141 e. The number of hydrogen-bond acceptors (Lipinski definition) is 2. The van der Waals surface area contributed by atoms with Crippen LogP contribution in [0.5, 0.6) is 5.75 Å². The molecule has 92 valence electrons. The van der Waals surface area contributed by atoms with Gasteiger partial charge in [0.15, 0.2) is 0 Å². The van der Waals surface area contributed by atoms with Gasteiger partial charge in [-0.25, -0.2) is 4.98 Å². The summed E-state index contributed by atoms with van der Waals surface area (Å²) < 4.78 is 0. The quantitative estimate of drug-likeness (QED) is 0.738. The molecule has 2 aromatic carbocycles. The predicted octanol–water partition coefficient (Wildman–Crippen LogP) is 4.12. The van der Waals surface area contributed by atoms with Gasteiger partial charge in [-0.05, 0) is 12.1 Å². The molecule has 0 atom stereocenters. The van der Waals surface area contributed by atoms with Crippen molar-refractivity contribution in [2.75, 3.05) is 0 Å². The van der Waals surface area contributed by atoms with E-state index in [4.69, 9.17) is 0 Å². The van der Waals surface area contributed by atoms with Gasteiger partial charge in [0.2, 0.25) is 0 Å². The third kappa shape index (κ3) is 2.33. The summed E-state index contributed by atoms with van der Waals surface area (Å²) >= 11 is 0. The molecule has 0 saturated heterocycles. The molecule has 0 bridgehead atoms. The molecule has 1 aromatic heterocycles. The van der Waals surface area contributed by atoms with Crippen molar-refractivity contribution in [2.24, 2.45) is 0 Å². The van der Waals surface area contributed by atoms with Crippen LogP contribution in [-0.2, 0) is 0 Å². The minimum Gasteiger partial charge on any atom is -0.506 e. The number of aromatic nitrogens is 1. The van der Waals surface area contributed by atoms with Gasteiger partial charge >= 0.3 is 0 Å². The Kier molecular flexibility index (Phi) is 2.99. The zero-order valence-electron chi connectivity index (χ0n) is 10.3. The number of benzene rings is 2. The SMILES string of the molecule is Oc1ccc(-c2ccccc2)nc1-c1ccccc1. The summed E-state index contributed by atoms with van der Waals surface area (Å²) in [7, 11) is 0. The molecule has 0 aliphatic carbocycles. The fourth-order valence-corrected chi connectivity index (χ4v) is 2.03. The Morgan fingerprint density at radius 3 is 1.84 bits per heavy atom. The van der Waals surface area contributed by atoms with Gasteiger partial charge in [-0.3, -0.25) is 0 Å². The van der Waals surface area contributed by atoms with Crippen LogP contribution in [0.2, 0.25) is 0 Å². The molecule has 0 fully saturated rings. The van der Waals surface area contributed by atoms with E-state index in [9.17, 15) is 5.11 Å². The second-order valence-corrected chi connectivity index (χ2v) is 4.30. The fraction of sp³-hybridized carbons (Fsp3) is 0. The van der Waals surface area contributed by atoms with E-state index in [1.54, 1.807) is 6.07 Å². The molecule has 1 heterocycles. The van der Waals surface area contributed by atoms with Crippen LogP contribution in [0, 0.1) is 0 Å². The van der Waals surface area contributed by atoms with E-state index in [1.165, 1.54) is 0 Å². The van der Waals surface area contributed by atoms with Crippen molar-refractivity contribution in [1.29, 1.82) is 0 Å². The van der Waals surface area contributed by atoms with Crippen LogP contribution in [-0.4, -0.2) is 10.1 Å². The van der Waals surface area contributed by atoms with Gasteiger partial charge in [-0.15, -0.1) is 0 Å². The molecule has 1 N–H and O–H groups in total. The highest BCUT2D eigenvalue weighted by Crippen LogP contribution is 2.29. The summed E-state index contributed by atoms with van der Waals surface area (Å²) in [4.78, 5) is 4.56. The van der Waals surface area contributed by atoms with E-state index in [2.05, 4.69) is 4.98 Å². The number of pyridine rings is 1. The average molecular weight is 247 g/mol. The van der Waals surface area contributed by atoms with Gasteiger partial charge in [-0.2, -0.15) is 0 Å². The molecule has 0 spiro atoms. The van der Waals surface area contributed by atoms with E-state index in [1.807, 2.05) is 66.7 Å². The van der Waals surface area contributed by atoms with E-state index in [-0.39, 0.29) is 5.75 Å². The first-order valence-corrected chi connectivity index (χ1v) is 6.15. The summed E-state index contributed by atoms with van der Waals surface area (Å²) in [5.41, 5.74) is 3.43. The van der Waals surface area contributed by atoms with Gasteiger partial charge < -0.3 is 5.11 Å². The third-order valence-corrected chi connectivity index (χ3v) is 2.99. The summed E-state index contributed by atoms with van der Waals surface area (Å²) in [6.07, 6.45) is 0. The van der Waals surface area contributed by atoms with E-state index in [0.29, 0.717) is 5.69 Å². The molecule has 0 radical (unpaired) electrons. The van der Waals surface area contributed by atoms with E-state index < -0.39 is 0 Å². The first-order chi connectivity index (χ1) is 9.34. The minimum absolute atomic E-state index is 0.200. The second-order valence-electron chi connectivity index (χ2n) is 4.30. The summed E-state index contributed by atoms with van der Waals surface area (Å²) in [6.45, 7) is 0. The lowest BCUT2D eigenvalue weighted by Crippen LogP contribution is -1.88. The molecule has 2 nitrogen and oxygen atoms in total. The van der Waals surface area contributed by atoms with Crippen molar-refractivity contribution in [1.82, 2.24) is 4.98 Å². The lowest BCUT2D eigenvalue weighted by molar-refractivity contribution is 0.475. The van der Waals surface area contributed by atoms with Crippen LogP contribution in [0.4, 0.5) is 0 Å². The first-order valence-electron chi connectivity index (χ1n) is 6.15. The highest BCUT2D eigenvalue weighted by atomic mass is 16.3. The van der Waals surface area contributed by atoms with Crippen LogP contribution in [0.1, 0.15) is 0 Å². The number of rotatable bonds is 2. The molecule has 0 saturated carbocycles. The molecular weight excluding hydrogens is 234 g/mol. The Morgan fingerprint density at radius 2 is 1.21 bits per heavy atom. The van der Waals surface area contributed by atoms with Crippen molar-refractivity contribution in [3.63, 3.8) is 0 Å². The fourth-order valence-electron chi connectivity index (χ4n) is 2.03. The maximum atomic E-state index is 9.97. The van der Waals surface area contributed by atoms with Gasteiger partial charge in [0.25, 0.3) is 0 Å². The lowest BCUT2D eigenvalue weighted by atomic mass is 10.1. The van der Waals surface area contributed by atoms with Crippen molar-refractivity contribution < 1.29 is 5.11 Å². The Morgan fingerprint density at radius 1 is 0.632 bits per heavy atom. The number of nitrogens with zero attached hydrogens (tertiary/aromatic N) is 1. The van der Waals surface area contributed by atoms with Crippen LogP contribution < -0.4 is 0 Å². The van der Waals surface area contributed by atoms with E-state index in [0.717, 1.165) is 16.8 Å². The van der Waals surface area contributed by atoms with Gasteiger partial charge in [0.05, 0.1) is 5.69 Å². The van der Waals surface area contributed by atoms with Gasteiger partial charge in [-0.1, -0.05) is 60.7 Å². The standard InChI is InChI=1S/C17H13NO/c19-16-12-11-15(13-7-3-1-4-8-13)18-17(16)14-9-5-2-6-10-14/h1-12,19H. The van der Waals surface area contributed by atoms with Crippen LogP contribution in [0.15, 0.2) is 72.8 Å². The van der Waals surface area contributed by atoms with Crippen LogP contribution in [0.25, 0.3) is 22.5 Å². The number of hydrogen-bond donors (Lipinski definition) is 1. The molecule has 2 heteroatoms. The van der Waals surface area contributed by atoms with Crippen molar-refractivity contribution in [2.45, 2.75) is 0 Å². The average Bonchev–Trinajstić information content (AvgIpc) is 2.49. The Labute approximate surface area is 112 Å². The molecule has 0 aliphatic rings. The van der Waals surface area contributed by atoms with Crippen molar-refractivity contribution in [3.8, 4) is 28.3 Å². The molecule has 0 aliphatic heterocycles. The van der Waals surface area contributed by atoms with E-state index >= 15 is 0 Å². The monoisotopic (exact) mass is 247 g/mol. The van der Waals surface area contributed by atoms with Gasteiger partial charge in [0.1, 0.15) is 11.4 Å². The van der Waals surface area contributed by atoms with Crippen molar-refractivity contribution >= 4 is 0 Å². The summed E-state index contributed by atoms with van der Waals surface area (Å²) in [5.74, 6) is 0.200. The Hall–Kier alpha value is -2.61. The predicted molar refractivity (Wildman–Crippen MR) is 76.8 cm³/mol. The molecular formula is C17H13NO. The Bertz CT molecular complexity index is 678.